The van der Waals surface area contributed by atoms with Gasteiger partial charge in [-0.1, -0.05) is 0 Å². The van der Waals surface area contributed by atoms with Gasteiger partial charge in [0.05, 0.1) is 17.6 Å². The van der Waals surface area contributed by atoms with Crippen molar-refractivity contribution < 1.29 is 14.3 Å². The van der Waals surface area contributed by atoms with E-state index in [0.717, 1.165) is 0 Å². The largest absolute Gasteiger partial charge is 0.463 e. The van der Waals surface area contributed by atoms with E-state index in [2.05, 4.69) is 0 Å². The van der Waals surface area contributed by atoms with Crippen LogP contribution in [0.2, 0.25) is 0 Å². The number of rotatable bonds is 2. The average Bonchev–Trinajstić information content (AvgIpc) is 4.20. The normalized spacial score (nSPS) is 22.6. The topological polar surface area (TPSA) is 43.4 Å². The summed E-state index contributed by atoms with van der Waals surface area (Å²) >= 11 is 0. The molecule has 33 rings (SSSR count). The third kappa shape index (κ3) is 1.30. The van der Waals surface area contributed by atoms with Gasteiger partial charge in [0.15, 0.2) is 5.78 Å². The molecule has 28 aromatic carbocycles. The number of carbonyl (C=O) groups is 2. The van der Waals surface area contributed by atoms with E-state index < -0.39 is 10.8 Å². The summed E-state index contributed by atoms with van der Waals surface area (Å²) < 4.78 is 6.36. The van der Waals surface area contributed by atoms with Gasteiger partial charge in [0, 0.05) is 0 Å². The minimum absolute atomic E-state index is 0.112. The molecular formula is C66H6O3. The van der Waals surface area contributed by atoms with Gasteiger partial charge in [-0.2, -0.15) is 0 Å². The van der Waals surface area contributed by atoms with Crippen LogP contribution in [0.3, 0.4) is 0 Å². The molecule has 5 aliphatic rings. The number of ketones is 1. The summed E-state index contributed by atoms with van der Waals surface area (Å²) in [6, 6.07) is 0. The molecule has 28 aromatic rings. The van der Waals surface area contributed by atoms with Gasteiger partial charge in [-0.05, 0) is 326 Å². The Bertz CT molecular complexity index is 7120. The van der Waals surface area contributed by atoms with Crippen molar-refractivity contribution in [3.8, 4) is 0 Å². The average molecular weight is 847 g/mol. The Hall–Kier alpha value is -8.66. The minimum Gasteiger partial charge on any atom is -0.463 e. The lowest BCUT2D eigenvalue weighted by Gasteiger charge is -2.50. The number of esters is 1. The highest BCUT2D eigenvalue weighted by Gasteiger charge is 2.76. The second-order valence-corrected chi connectivity index (χ2v) is 24.9. The van der Waals surface area contributed by atoms with Gasteiger partial charge in [0.2, 0.25) is 0 Å². The highest BCUT2D eigenvalue weighted by Crippen LogP contribution is 2.86. The summed E-state index contributed by atoms with van der Waals surface area (Å²) in [6.07, 6.45) is 1.88. The van der Waals surface area contributed by atoms with E-state index in [4.69, 9.17) is 4.74 Å². The van der Waals surface area contributed by atoms with Crippen molar-refractivity contribution in [3.05, 3.63) is 33.9 Å². The molecule has 0 amide bonds. The first-order valence-electron chi connectivity index (χ1n) is 25.4. The summed E-state index contributed by atoms with van der Waals surface area (Å²) in [5.41, 5.74) is 3.54. The van der Waals surface area contributed by atoms with Crippen molar-refractivity contribution in [2.24, 2.45) is 0 Å². The van der Waals surface area contributed by atoms with Gasteiger partial charge < -0.3 is 4.74 Å². The number of benzene rings is 18. The Balaban J connectivity index is 1.22. The van der Waals surface area contributed by atoms with E-state index in [1.54, 1.807) is 97.0 Å². The molecule has 69 heavy (non-hydrogen) atoms. The minimum atomic E-state index is -1.12. The van der Waals surface area contributed by atoms with Gasteiger partial charge in [-0.25, -0.2) is 4.79 Å². The van der Waals surface area contributed by atoms with Crippen molar-refractivity contribution in [3.63, 3.8) is 0 Å². The SMILES string of the molecule is CCOC(=O)C1=CC(=O)C23c4c5c6c7c8c9c(c%10c%11c2c2c4c4c%12c5c5c6c6c8c8c%13c9c9c%10c%10c%11c%11c2c2c4c4c%12c%12c5c5c6c8c6c8c%13c9c9c%10c%10c%11c2c2c4c4c%12c5c6c5c8c9c%10c2c45)C173. The molecule has 0 atom stereocenters. The van der Waals surface area contributed by atoms with Crippen LogP contribution in [0.25, 0.3) is 291 Å². The number of ether oxygens (including phenoxy) is 1. The maximum absolute atomic E-state index is 17.0. The Morgan fingerprint density at radius 3 is 0.623 bits per heavy atom. The molecule has 0 saturated heterocycles. The Kier molecular flexibility index (Phi) is 2.08. The molecule has 2 spiro atoms. The van der Waals surface area contributed by atoms with Gasteiger partial charge in [-0.3, -0.25) is 4.79 Å². The van der Waals surface area contributed by atoms with E-state index in [1.165, 1.54) is 216 Å². The molecular weight excluding hydrogens is 841 g/mol. The van der Waals surface area contributed by atoms with Crippen LogP contribution in [0.5, 0.6) is 0 Å². The maximum Gasteiger partial charge on any atom is 0.335 e. The first-order chi connectivity index (χ1) is 34.2. The highest BCUT2D eigenvalue weighted by molar-refractivity contribution is 6.82. The van der Waals surface area contributed by atoms with Crippen LogP contribution in [0.4, 0.5) is 0 Å². The second-order valence-electron chi connectivity index (χ2n) is 24.9. The molecule has 0 aliphatic heterocycles. The molecule has 5 aliphatic carbocycles. The van der Waals surface area contributed by atoms with Crippen LogP contribution in [0, 0.1) is 0 Å². The van der Waals surface area contributed by atoms with Crippen molar-refractivity contribution in [1.29, 1.82) is 0 Å². The zero-order valence-electron chi connectivity index (χ0n) is 35.0. The number of carbonyl (C=O) groups excluding carboxylic acids is 2. The monoisotopic (exact) mass is 846 g/mol. The molecule has 3 nitrogen and oxygen atoms in total. The van der Waals surface area contributed by atoms with Crippen LogP contribution in [-0.2, 0) is 25.2 Å². The predicted octanol–water partition coefficient (Wildman–Crippen LogP) is 16.4. The van der Waals surface area contributed by atoms with E-state index in [1.807, 2.05) is 13.0 Å². The van der Waals surface area contributed by atoms with Crippen LogP contribution in [-0.4, -0.2) is 18.4 Å². The van der Waals surface area contributed by atoms with Crippen LogP contribution < -0.4 is 0 Å². The summed E-state index contributed by atoms with van der Waals surface area (Å²) in [4.78, 5) is 32.7. The van der Waals surface area contributed by atoms with Crippen molar-refractivity contribution in [2.45, 2.75) is 17.8 Å². The second kappa shape index (κ2) is 5.63. The number of hydrogen-bond acceptors (Lipinski definition) is 3. The first kappa shape index (κ1) is 25.5. The predicted molar refractivity (Wildman–Crippen MR) is 284 cm³/mol. The molecule has 0 aromatic heterocycles. The fourth-order valence-electron chi connectivity index (χ4n) is 24.9. The summed E-state index contributed by atoms with van der Waals surface area (Å²) in [7, 11) is 0. The molecule has 0 radical (unpaired) electrons. The van der Waals surface area contributed by atoms with Gasteiger partial charge in [0.25, 0.3) is 0 Å². The van der Waals surface area contributed by atoms with Gasteiger partial charge >= 0.3 is 5.97 Å². The lowest BCUT2D eigenvalue weighted by Crippen LogP contribution is -2.54. The number of allylic oxidation sites excluding steroid dienone is 1. The van der Waals surface area contributed by atoms with Crippen LogP contribution >= 0.6 is 0 Å². The lowest BCUT2D eigenvalue weighted by molar-refractivity contribution is -0.139. The zero-order valence-corrected chi connectivity index (χ0v) is 35.0. The van der Waals surface area contributed by atoms with Crippen molar-refractivity contribution in [1.82, 2.24) is 0 Å². The molecule has 0 saturated carbocycles. The van der Waals surface area contributed by atoms with Gasteiger partial charge in [-0.15, -0.1) is 0 Å². The molecule has 0 heterocycles. The third-order valence-electron chi connectivity index (χ3n) is 24.9. The van der Waals surface area contributed by atoms with Gasteiger partial charge in [0.1, 0.15) is 5.41 Å². The van der Waals surface area contributed by atoms with Crippen molar-refractivity contribution >= 4 is 303 Å². The van der Waals surface area contributed by atoms with Crippen LogP contribution in [0.15, 0.2) is 11.6 Å². The molecule has 3 heteroatoms. The fourth-order valence-corrected chi connectivity index (χ4v) is 24.9. The standard InChI is InChI=1S/C66H6O3/c1-2-69-64(68)4-3-5(67)66-62-56-50-40-32-22-14-10-7-6-8-12(14)20-28(22)42(50)48-38-30(20)24-16(8)17-9(6)13-15-11(7)19-18(10)26(32)36-37-27(19)33-23(15)29-21(13)31-25(17)35-34(24)44(38)52-53-45(35)39(31)49-43(29)51-41(33)47(37)59(58(62)46(36)40)63(66)57(51)55(49)61(53)65(4,66)60(52)54(48)56/h3H,2H2,1H3. The zero-order chi connectivity index (χ0) is 41.3. The van der Waals surface area contributed by atoms with Crippen molar-refractivity contribution in [2.75, 3.05) is 6.61 Å². The molecule has 0 fully saturated rings. The lowest BCUT2D eigenvalue weighted by atomic mass is 9.48. The highest BCUT2D eigenvalue weighted by atomic mass is 16.5. The maximum atomic E-state index is 17.0. The van der Waals surface area contributed by atoms with E-state index in [-0.39, 0.29) is 18.4 Å². The Morgan fingerprint density at radius 2 is 0.449 bits per heavy atom. The summed E-state index contributed by atoms with van der Waals surface area (Å²) in [5.74, 6) is -0.194. The van der Waals surface area contributed by atoms with E-state index >= 15 is 9.59 Å². The fraction of sp³-hybridized carbons (Fsp3) is 0.0606. The Labute approximate surface area is 373 Å². The summed E-state index contributed by atoms with van der Waals surface area (Å²) in [6.45, 7) is 2.21. The smallest absolute Gasteiger partial charge is 0.335 e. The third-order valence-corrected chi connectivity index (χ3v) is 24.9. The molecule has 0 bridgehead atoms. The quantitative estimate of drug-likeness (QED) is 0.129. The van der Waals surface area contributed by atoms with Crippen LogP contribution in [0.1, 0.15) is 29.2 Å². The van der Waals surface area contributed by atoms with E-state index in [0.29, 0.717) is 5.57 Å². The Morgan fingerprint density at radius 1 is 0.290 bits per heavy atom. The molecule has 0 N–H and O–H groups in total. The molecule has 0 unspecified atom stereocenters. The number of hydrogen-bond donors (Lipinski definition) is 0. The first-order valence-corrected chi connectivity index (χ1v) is 25.4. The molecule has 288 valence electrons. The summed E-state index contributed by atoms with van der Waals surface area (Å²) in [5, 5.41) is 80.7. The van der Waals surface area contributed by atoms with E-state index in [9.17, 15) is 0 Å².